The monoisotopic (exact) mass is 269 g/mol. The molecule has 0 saturated carbocycles. The molecule has 0 spiro atoms. The van der Waals surface area contributed by atoms with Crippen molar-refractivity contribution < 1.29 is 0 Å². The molecular formula is C16H35N3. The number of hydrogen-bond donors (Lipinski definition) is 1. The molecule has 19 heavy (non-hydrogen) atoms. The summed E-state index contributed by atoms with van der Waals surface area (Å²) < 4.78 is 0. The van der Waals surface area contributed by atoms with E-state index in [4.69, 9.17) is 5.73 Å². The SMILES string of the molecule is CCCN1CCCC(CN)(N(C)CCC(C)C)CC1. The lowest BCUT2D eigenvalue weighted by Gasteiger charge is -2.41. The molecule has 0 aromatic heterocycles. The first-order valence-electron chi connectivity index (χ1n) is 8.17. The summed E-state index contributed by atoms with van der Waals surface area (Å²) in [6.45, 7) is 12.6. The summed E-state index contributed by atoms with van der Waals surface area (Å²) in [7, 11) is 2.28. The van der Waals surface area contributed by atoms with Gasteiger partial charge in [0.2, 0.25) is 0 Å². The molecule has 0 bridgehead atoms. The normalized spacial score (nSPS) is 26.1. The molecule has 1 rings (SSSR count). The molecule has 1 aliphatic heterocycles. The van der Waals surface area contributed by atoms with Crippen molar-refractivity contribution in [3.63, 3.8) is 0 Å². The van der Waals surface area contributed by atoms with Crippen LogP contribution in [0.25, 0.3) is 0 Å². The molecule has 1 atom stereocenters. The maximum atomic E-state index is 6.17. The maximum absolute atomic E-state index is 6.17. The zero-order valence-electron chi connectivity index (χ0n) is 13.6. The van der Waals surface area contributed by atoms with Crippen LogP contribution in [0.1, 0.15) is 52.9 Å². The number of nitrogens with two attached hydrogens (primary N) is 1. The average molecular weight is 269 g/mol. The van der Waals surface area contributed by atoms with Crippen LogP contribution >= 0.6 is 0 Å². The van der Waals surface area contributed by atoms with E-state index in [0.717, 1.165) is 12.5 Å². The van der Waals surface area contributed by atoms with E-state index in [1.807, 2.05) is 0 Å². The summed E-state index contributed by atoms with van der Waals surface area (Å²) in [5.74, 6) is 0.777. The summed E-state index contributed by atoms with van der Waals surface area (Å²) in [4.78, 5) is 5.18. The van der Waals surface area contributed by atoms with Crippen molar-refractivity contribution in [3.05, 3.63) is 0 Å². The second-order valence-electron chi connectivity index (χ2n) is 6.73. The lowest BCUT2D eigenvalue weighted by molar-refractivity contribution is 0.101. The Labute approximate surface area is 120 Å². The van der Waals surface area contributed by atoms with Crippen LogP contribution in [0.4, 0.5) is 0 Å². The minimum Gasteiger partial charge on any atom is -0.329 e. The summed E-state index contributed by atoms with van der Waals surface area (Å²) in [5, 5.41) is 0. The van der Waals surface area contributed by atoms with Crippen molar-refractivity contribution in [3.8, 4) is 0 Å². The molecule has 2 N–H and O–H groups in total. The van der Waals surface area contributed by atoms with E-state index in [9.17, 15) is 0 Å². The van der Waals surface area contributed by atoms with Crippen LogP contribution in [0.2, 0.25) is 0 Å². The van der Waals surface area contributed by atoms with Crippen LogP contribution < -0.4 is 5.73 Å². The van der Waals surface area contributed by atoms with Gasteiger partial charge in [-0.2, -0.15) is 0 Å². The second kappa shape index (κ2) is 8.23. The molecule has 0 aromatic carbocycles. The second-order valence-corrected chi connectivity index (χ2v) is 6.73. The first kappa shape index (κ1) is 16.9. The molecule has 0 radical (unpaired) electrons. The number of hydrogen-bond acceptors (Lipinski definition) is 3. The highest BCUT2D eigenvalue weighted by Crippen LogP contribution is 2.27. The van der Waals surface area contributed by atoms with E-state index in [0.29, 0.717) is 0 Å². The lowest BCUT2D eigenvalue weighted by atomic mass is 9.88. The standard InChI is InChI=1S/C16H35N3/c1-5-10-19-11-6-8-16(14-17,9-13-19)18(4)12-7-15(2)3/h15H,5-14,17H2,1-4H3. The van der Waals surface area contributed by atoms with E-state index < -0.39 is 0 Å². The largest absolute Gasteiger partial charge is 0.329 e. The third kappa shape index (κ3) is 5.05. The minimum atomic E-state index is 0.247. The Hall–Kier alpha value is -0.120. The average Bonchev–Trinajstić information content (AvgIpc) is 2.60. The molecule has 1 saturated heterocycles. The Balaban J connectivity index is 2.58. The van der Waals surface area contributed by atoms with Gasteiger partial charge in [0, 0.05) is 12.1 Å². The molecule has 1 fully saturated rings. The minimum absolute atomic E-state index is 0.247. The summed E-state index contributed by atoms with van der Waals surface area (Å²) in [6, 6.07) is 0. The van der Waals surface area contributed by atoms with Gasteiger partial charge in [-0.05, 0) is 71.2 Å². The molecule has 0 aromatic rings. The van der Waals surface area contributed by atoms with Gasteiger partial charge in [-0.3, -0.25) is 4.90 Å². The highest BCUT2D eigenvalue weighted by Gasteiger charge is 2.34. The van der Waals surface area contributed by atoms with Crippen molar-refractivity contribution in [2.45, 2.75) is 58.4 Å². The van der Waals surface area contributed by atoms with Crippen molar-refractivity contribution in [2.75, 3.05) is 39.8 Å². The Morgan fingerprint density at radius 1 is 1.26 bits per heavy atom. The number of nitrogens with zero attached hydrogens (tertiary/aromatic N) is 2. The molecule has 0 aliphatic carbocycles. The van der Waals surface area contributed by atoms with Crippen molar-refractivity contribution in [2.24, 2.45) is 11.7 Å². The number of rotatable bonds is 7. The van der Waals surface area contributed by atoms with Crippen LogP contribution in [0.5, 0.6) is 0 Å². The maximum Gasteiger partial charge on any atom is 0.0341 e. The van der Waals surface area contributed by atoms with E-state index in [2.05, 4.69) is 37.6 Å². The Morgan fingerprint density at radius 3 is 2.58 bits per heavy atom. The third-order valence-electron chi connectivity index (χ3n) is 4.78. The molecule has 114 valence electrons. The van der Waals surface area contributed by atoms with Gasteiger partial charge in [0.1, 0.15) is 0 Å². The van der Waals surface area contributed by atoms with Crippen LogP contribution in [-0.2, 0) is 0 Å². The molecule has 1 heterocycles. The van der Waals surface area contributed by atoms with Gasteiger partial charge in [0.15, 0.2) is 0 Å². The van der Waals surface area contributed by atoms with Crippen molar-refractivity contribution in [1.29, 1.82) is 0 Å². The van der Waals surface area contributed by atoms with Crippen molar-refractivity contribution >= 4 is 0 Å². The predicted molar refractivity (Wildman–Crippen MR) is 84.5 cm³/mol. The van der Waals surface area contributed by atoms with Gasteiger partial charge in [-0.1, -0.05) is 20.8 Å². The van der Waals surface area contributed by atoms with Gasteiger partial charge >= 0.3 is 0 Å². The smallest absolute Gasteiger partial charge is 0.0341 e. The summed E-state index contributed by atoms with van der Waals surface area (Å²) >= 11 is 0. The van der Waals surface area contributed by atoms with Crippen LogP contribution in [0.3, 0.4) is 0 Å². The van der Waals surface area contributed by atoms with E-state index in [1.165, 1.54) is 58.3 Å². The topological polar surface area (TPSA) is 32.5 Å². The Bertz CT molecular complexity index is 242. The van der Waals surface area contributed by atoms with Gasteiger partial charge < -0.3 is 10.6 Å². The fraction of sp³-hybridized carbons (Fsp3) is 1.00. The third-order valence-corrected chi connectivity index (χ3v) is 4.78. The highest BCUT2D eigenvalue weighted by atomic mass is 15.2. The summed E-state index contributed by atoms with van der Waals surface area (Å²) in [5.41, 5.74) is 6.42. The van der Waals surface area contributed by atoms with E-state index in [-0.39, 0.29) is 5.54 Å². The Morgan fingerprint density at radius 2 is 2.00 bits per heavy atom. The lowest BCUT2D eigenvalue weighted by Crippen LogP contribution is -2.53. The zero-order chi connectivity index (χ0) is 14.3. The van der Waals surface area contributed by atoms with Crippen LogP contribution in [-0.4, -0.2) is 55.1 Å². The van der Waals surface area contributed by atoms with Crippen molar-refractivity contribution in [1.82, 2.24) is 9.80 Å². The molecular weight excluding hydrogens is 234 g/mol. The van der Waals surface area contributed by atoms with Gasteiger partial charge in [-0.25, -0.2) is 0 Å². The molecule has 1 aliphatic rings. The first-order valence-corrected chi connectivity index (χ1v) is 8.17. The number of likely N-dealkylation sites (tertiary alicyclic amines) is 1. The molecule has 1 unspecified atom stereocenters. The molecule has 3 heteroatoms. The fourth-order valence-corrected chi connectivity index (χ4v) is 3.21. The fourth-order valence-electron chi connectivity index (χ4n) is 3.21. The van der Waals surface area contributed by atoms with E-state index >= 15 is 0 Å². The highest BCUT2D eigenvalue weighted by molar-refractivity contribution is 4.93. The zero-order valence-corrected chi connectivity index (χ0v) is 13.6. The number of likely N-dealkylation sites (N-methyl/N-ethyl adjacent to an activating group) is 1. The predicted octanol–water partition coefficient (Wildman–Crippen LogP) is 2.56. The van der Waals surface area contributed by atoms with Crippen LogP contribution in [0, 0.1) is 5.92 Å². The summed E-state index contributed by atoms with van der Waals surface area (Å²) in [6.07, 6.45) is 6.33. The molecule has 0 amide bonds. The van der Waals surface area contributed by atoms with Gasteiger partial charge in [-0.15, -0.1) is 0 Å². The van der Waals surface area contributed by atoms with Gasteiger partial charge in [0.05, 0.1) is 0 Å². The van der Waals surface area contributed by atoms with Crippen LogP contribution in [0.15, 0.2) is 0 Å². The Kier molecular flexibility index (Phi) is 7.33. The first-order chi connectivity index (χ1) is 9.04. The molecule has 3 nitrogen and oxygen atoms in total. The van der Waals surface area contributed by atoms with E-state index in [1.54, 1.807) is 0 Å². The van der Waals surface area contributed by atoms with Gasteiger partial charge in [0.25, 0.3) is 0 Å². The quantitative estimate of drug-likeness (QED) is 0.771.